The third-order valence-corrected chi connectivity index (χ3v) is 4.03. The highest BCUT2D eigenvalue weighted by Crippen LogP contribution is 2.21. The summed E-state index contributed by atoms with van der Waals surface area (Å²) in [5, 5.41) is 19.4. The largest absolute Gasteiger partial charge is 0.481 e. The molecule has 0 aromatic heterocycles. The monoisotopic (exact) mass is 292 g/mol. The molecule has 0 unspecified atom stereocenters. The zero-order valence-corrected chi connectivity index (χ0v) is 11.9. The number of hydrogen-bond donors (Lipinski definition) is 1. The molecular weight excluding hydrogens is 272 g/mol. The van der Waals surface area contributed by atoms with E-state index in [-0.39, 0.29) is 12.1 Å². The zero-order chi connectivity index (χ0) is 15.2. The molecule has 1 heterocycles. The van der Waals surface area contributed by atoms with Crippen molar-refractivity contribution >= 4 is 11.7 Å². The molecule has 0 saturated carbocycles. The lowest BCUT2D eigenvalue weighted by Crippen LogP contribution is -2.35. The maximum absolute atomic E-state index is 10.7. The van der Waals surface area contributed by atoms with Crippen LogP contribution in [0.15, 0.2) is 24.3 Å². The average molecular weight is 292 g/mol. The Morgan fingerprint density at radius 1 is 1.29 bits per heavy atom. The first-order valence-corrected chi connectivity index (χ1v) is 7.22. The fraction of sp³-hybridized carbons (Fsp3) is 0.533. The normalized spacial score (nSPS) is 16.8. The summed E-state index contributed by atoms with van der Waals surface area (Å²) in [6.45, 7) is 2.79. The Balaban J connectivity index is 1.74. The van der Waals surface area contributed by atoms with Gasteiger partial charge in [-0.3, -0.25) is 14.9 Å². The molecule has 0 aliphatic carbocycles. The molecule has 1 aliphatic heterocycles. The Morgan fingerprint density at radius 2 is 1.90 bits per heavy atom. The highest BCUT2D eigenvalue weighted by molar-refractivity contribution is 5.67. The lowest BCUT2D eigenvalue weighted by atomic mass is 9.93. The third kappa shape index (κ3) is 4.82. The van der Waals surface area contributed by atoms with Gasteiger partial charge in [0.25, 0.3) is 5.69 Å². The summed E-state index contributed by atoms with van der Waals surface area (Å²) in [6, 6.07) is 6.67. The highest BCUT2D eigenvalue weighted by atomic mass is 16.6. The van der Waals surface area contributed by atoms with E-state index in [1.807, 2.05) is 0 Å². The van der Waals surface area contributed by atoms with E-state index in [0.29, 0.717) is 5.92 Å². The summed E-state index contributed by atoms with van der Waals surface area (Å²) in [5.74, 6) is -0.405. The van der Waals surface area contributed by atoms with Crippen LogP contribution >= 0.6 is 0 Å². The molecule has 1 aromatic rings. The Bertz CT molecular complexity index is 493. The number of carboxylic acid groups (broad SMARTS) is 1. The van der Waals surface area contributed by atoms with Crippen molar-refractivity contribution in [2.24, 2.45) is 5.92 Å². The van der Waals surface area contributed by atoms with Crippen LogP contribution in [0, 0.1) is 16.0 Å². The number of nitro benzene ring substituents is 1. The number of rotatable bonds is 6. The Morgan fingerprint density at radius 3 is 2.43 bits per heavy atom. The predicted octanol–water partition coefficient (Wildman–Crippen LogP) is 2.32. The van der Waals surface area contributed by atoms with Crippen LogP contribution in [0.1, 0.15) is 24.8 Å². The van der Waals surface area contributed by atoms with Crippen LogP contribution in [0.4, 0.5) is 5.69 Å². The predicted molar refractivity (Wildman–Crippen MR) is 78.2 cm³/mol. The van der Waals surface area contributed by atoms with Gasteiger partial charge in [0.15, 0.2) is 0 Å². The van der Waals surface area contributed by atoms with Crippen LogP contribution in [0.2, 0.25) is 0 Å². The quantitative estimate of drug-likeness (QED) is 0.642. The van der Waals surface area contributed by atoms with E-state index in [9.17, 15) is 14.9 Å². The molecule has 6 nitrogen and oxygen atoms in total. The zero-order valence-electron chi connectivity index (χ0n) is 11.9. The topological polar surface area (TPSA) is 83.7 Å². The number of nitro groups is 1. The van der Waals surface area contributed by atoms with Crippen molar-refractivity contribution < 1.29 is 14.8 Å². The standard InChI is InChI=1S/C15H20N2O4/c18-15(19)11-13-6-9-16(10-7-13)8-5-12-1-3-14(4-2-12)17(20)21/h1-4,13H,5-11H2,(H,18,19). The lowest BCUT2D eigenvalue weighted by molar-refractivity contribution is -0.384. The van der Waals surface area contributed by atoms with Crippen molar-refractivity contribution in [2.75, 3.05) is 19.6 Å². The fourth-order valence-corrected chi connectivity index (χ4v) is 2.73. The van der Waals surface area contributed by atoms with Gasteiger partial charge in [-0.2, -0.15) is 0 Å². The molecule has 1 N–H and O–H groups in total. The second-order valence-electron chi connectivity index (χ2n) is 5.56. The van der Waals surface area contributed by atoms with E-state index in [1.54, 1.807) is 12.1 Å². The summed E-state index contributed by atoms with van der Waals surface area (Å²) >= 11 is 0. The van der Waals surface area contributed by atoms with Gasteiger partial charge in [0.05, 0.1) is 4.92 Å². The summed E-state index contributed by atoms with van der Waals surface area (Å²) in [7, 11) is 0. The number of carboxylic acids is 1. The first-order chi connectivity index (χ1) is 10.0. The van der Waals surface area contributed by atoms with Crippen LogP contribution in [-0.4, -0.2) is 40.5 Å². The van der Waals surface area contributed by atoms with Crippen molar-refractivity contribution in [3.63, 3.8) is 0 Å². The van der Waals surface area contributed by atoms with E-state index in [2.05, 4.69) is 4.90 Å². The molecular formula is C15H20N2O4. The van der Waals surface area contributed by atoms with Crippen LogP contribution in [0.5, 0.6) is 0 Å². The number of aliphatic carboxylic acids is 1. The summed E-state index contributed by atoms with van der Waals surface area (Å²) in [6.07, 6.45) is 3.01. The number of likely N-dealkylation sites (tertiary alicyclic amines) is 1. The van der Waals surface area contributed by atoms with Crippen LogP contribution < -0.4 is 0 Å². The summed E-state index contributed by atoms with van der Waals surface area (Å²) in [5.41, 5.74) is 1.21. The van der Waals surface area contributed by atoms with Crippen molar-refractivity contribution in [3.8, 4) is 0 Å². The molecule has 0 atom stereocenters. The molecule has 21 heavy (non-hydrogen) atoms. The maximum atomic E-state index is 10.7. The molecule has 114 valence electrons. The minimum absolute atomic E-state index is 0.119. The Hall–Kier alpha value is -1.95. The summed E-state index contributed by atoms with van der Waals surface area (Å²) < 4.78 is 0. The van der Waals surface area contributed by atoms with Gasteiger partial charge in [-0.05, 0) is 43.8 Å². The molecule has 0 radical (unpaired) electrons. The molecule has 1 aromatic carbocycles. The van der Waals surface area contributed by atoms with E-state index in [0.717, 1.165) is 44.5 Å². The number of hydrogen-bond acceptors (Lipinski definition) is 4. The maximum Gasteiger partial charge on any atom is 0.303 e. The first-order valence-electron chi connectivity index (χ1n) is 7.22. The molecule has 0 bridgehead atoms. The van der Waals surface area contributed by atoms with Gasteiger partial charge in [-0.1, -0.05) is 12.1 Å². The van der Waals surface area contributed by atoms with E-state index in [4.69, 9.17) is 5.11 Å². The van der Waals surface area contributed by atoms with E-state index in [1.165, 1.54) is 12.1 Å². The fourth-order valence-electron chi connectivity index (χ4n) is 2.73. The van der Waals surface area contributed by atoms with E-state index >= 15 is 0 Å². The van der Waals surface area contributed by atoms with Crippen molar-refractivity contribution in [3.05, 3.63) is 39.9 Å². The third-order valence-electron chi connectivity index (χ3n) is 4.03. The van der Waals surface area contributed by atoms with Gasteiger partial charge in [0, 0.05) is 25.1 Å². The van der Waals surface area contributed by atoms with E-state index < -0.39 is 10.9 Å². The van der Waals surface area contributed by atoms with Crippen LogP contribution in [-0.2, 0) is 11.2 Å². The number of non-ortho nitro benzene ring substituents is 1. The molecule has 1 aliphatic rings. The SMILES string of the molecule is O=C(O)CC1CCN(CCc2ccc([N+](=O)[O-])cc2)CC1. The van der Waals surface area contributed by atoms with Gasteiger partial charge in [-0.25, -0.2) is 0 Å². The smallest absolute Gasteiger partial charge is 0.303 e. The number of nitrogens with zero attached hydrogens (tertiary/aromatic N) is 2. The Labute approximate surface area is 123 Å². The average Bonchev–Trinajstić information content (AvgIpc) is 2.46. The van der Waals surface area contributed by atoms with Crippen molar-refractivity contribution in [2.45, 2.75) is 25.7 Å². The van der Waals surface area contributed by atoms with Gasteiger partial charge < -0.3 is 10.0 Å². The summed E-state index contributed by atoms with van der Waals surface area (Å²) in [4.78, 5) is 23.2. The minimum Gasteiger partial charge on any atom is -0.481 e. The first kappa shape index (κ1) is 15.4. The van der Waals surface area contributed by atoms with Gasteiger partial charge in [0.2, 0.25) is 0 Å². The van der Waals surface area contributed by atoms with Gasteiger partial charge in [0.1, 0.15) is 0 Å². The molecule has 0 spiro atoms. The molecule has 6 heteroatoms. The van der Waals surface area contributed by atoms with Crippen LogP contribution in [0.25, 0.3) is 0 Å². The van der Waals surface area contributed by atoms with Gasteiger partial charge in [-0.15, -0.1) is 0 Å². The molecule has 2 rings (SSSR count). The second-order valence-corrected chi connectivity index (χ2v) is 5.56. The molecule has 0 amide bonds. The number of benzene rings is 1. The molecule has 1 fully saturated rings. The Kier molecular flexibility index (Phi) is 5.27. The minimum atomic E-state index is -0.709. The van der Waals surface area contributed by atoms with Crippen molar-refractivity contribution in [1.29, 1.82) is 0 Å². The lowest BCUT2D eigenvalue weighted by Gasteiger charge is -2.31. The highest BCUT2D eigenvalue weighted by Gasteiger charge is 2.20. The van der Waals surface area contributed by atoms with Gasteiger partial charge >= 0.3 is 5.97 Å². The second kappa shape index (κ2) is 7.17. The van der Waals surface area contributed by atoms with Crippen LogP contribution in [0.3, 0.4) is 0 Å². The molecule has 1 saturated heterocycles. The number of carbonyl (C=O) groups is 1. The van der Waals surface area contributed by atoms with Crippen molar-refractivity contribution in [1.82, 2.24) is 4.90 Å². The number of piperidine rings is 1.